The molecule has 1 amide bonds. The van der Waals surface area contributed by atoms with Crippen molar-refractivity contribution in [3.8, 4) is 0 Å². The number of amides is 1. The number of thiophene rings is 1. The van der Waals surface area contributed by atoms with Crippen molar-refractivity contribution in [2.45, 2.75) is 12.8 Å². The summed E-state index contributed by atoms with van der Waals surface area (Å²) in [5.41, 5.74) is -0.224. The van der Waals surface area contributed by atoms with E-state index in [4.69, 9.17) is 4.74 Å². The van der Waals surface area contributed by atoms with E-state index in [2.05, 4.69) is 36.1 Å². The number of rotatable bonds is 4. The Morgan fingerprint density at radius 2 is 1.96 bits per heavy atom. The highest BCUT2D eigenvalue weighted by molar-refractivity contribution is 7.16. The van der Waals surface area contributed by atoms with Crippen LogP contribution in [0, 0.1) is 5.41 Å². The van der Waals surface area contributed by atoms with Crippen molar-refractivity contribution >= 4 is 33.3 Å². The first-order chi connectivity index (χ1) is 13.3. The largest absolute Gasteiger partial charge is 0.379 e. The van der Waals surface area contributed by atoms with Gasteiger partial charge >= 0.3 is 0 Å². The van der Waals surface area contributed by atoms with Crippen LogP contribution in [0.15, 0.2) is 17.8 Å². The molecule has 0 saturated carbocycles. The SMILES string of the molecule is O=C1N(CCN2CCOCC2)CCC12CCN(c1ncnc3sccc13)C2. The minimum absolute atomic E-state index is 0.224. The Bertz CT molecular complexity index is 836. The Kier molecular flexibility index (Phi) is 4.49. The number of nitrogens with zero attached hydrogens (tertiary/aromatic N) is 5. The summed E-state index contributed by atoms with van der Waals surface area (Å²) in [5, 5.41) is 3.16. The topological polar surface area (TPSA) is 61.8 Å². The van der Waals surface area contributed by atoms with E-state index >= 15 is 0 Å². The zero-order valence-corrected chi connectivity index (χ0v) is 16.3. The molecule has 7 nitrogen and oxygen atoms in total. The van der Waals surface area contributed by atoms with Crippen molar-refractivity contribution in [2.75, 3.05) is 63.9 Å². The van der Waals surface area contributed by atoms with E-state index in [1.807, 2.05) is 0 Å². The third kappa shape index (κ3) is 3.09. The maximum Gasteiger partial charge on any atom is 0.230 e. The lowest BCUT2D eigenvalue weighted by atomic mass is 9.85. The molecule has 3 aliphatic heterocycles. The van der Waals surface area contributed by atoms with Crippen LogP contribution in [-0.2, 0) is 9.53 Å². The molecule has 0 radical (unpaired) electrons. The summed E-state index contributed by atoms with van der Waals surface area (Å²) < 4.78 is 5.41. The smallest absolute Gasteiger partial charge is 0.230 e. The predicted octanol–water partition coefficient (Wildman–Crippen LogP) is 1.45. The Labute approximate surface area is 162 Å². The molecule has 3 fully saturated rings. The van der Waals surface area contributed by atoms with Gasteiger partial charge in [-0.3, -0.25) is 9.69 Å². The van der Waals surface area contributed by atoms with Crippen molar-refractivity contribution in [1.29, 1.82) is 0 Å². The number of anilines is 1. The monoisotopic (exact) mass is 387 g/mol. The van der Waals surface area contributed by atoms with Crippen molar-refractivity contribution < 1.29 is 9.53 Å². The summed E-state index contributed by atoms with van der Waals surface area (Å²) in [6.07, 6.45) is 3.53. The minimum Gasteiger partial charge on any atom is -0.379 e. The van der Waals surface area contributed by atoms with E-state index in [1.54, 1.807) is 17.7 Å². The number of hydrogen-bond acceptors (Lipinski definition) is 7. The lowest BCUT2D eigenvalue weighted by Crippen LogP contribution is -2.43. The van der Waals surface area contributed by atoms with Crippen LogP contribution in [0.25, 0.3) is 10.2 Å². The van der Waals surface area contributed by atoms with E-state index < -0.39 is 0 Å². The first kappa shape index (κ1) is 17.3. The molecule has 1 unspecified atom stereocenters. The van der Waals surface area contributed by atoms with E-state index in [9.17, 15) is 4.79 Å². The molecule has 0 aliphatic carbocycles. The van der Waals surface area contributed by atoms with Gasteiger partial charge in [-0.25, -0.2) is 9.97 Å². The highest BCUT2D eigenvalue weighted by atomic mass is 32.1. The Morgan fingerprint density at radius 3 is 2.85 bits per heavy atom. The van der Waals surface area contributed by atoms with Crippen molar-refractivity contribution in [2.24, 2.45) is 5.41 Å². The molecule has 1 atom stereocenters. The standard InChI is InChI=1S/C19H25N5O2S/c25-18-19(2-4-23(18)7-6-22-8-10-26-11-9-22)3-5-24(13-19)16-15-1-12-27-17(15)21-14-20-16/h1,12,14H,2-11,13H2. The van der Waals surface area contributed by atoms with Crippen LogP contribution in [0.5, 0.6) is 0 Å². The van der Waals surface area contributed by atoms with Crippen molar-refractivity contribution in [3.63, 3.8) is 0 Å². The summed E-state index contributed by atoms with van der Waals surface area (Å²) in [6, 6.07) is 2.09. The number of carbonyl (C=O) groups is 1. The summed E-state index contributed by atoms with van der Waals surface area (Å²) in [6.45, 7) is 7.92. The maximum absolute atomic E-state index is 13.2. The van der Waals surface area contributed by atoms with Gasteiger partial charge in [-0.1, -0.05) is 0 Å². The summed E-state index contributed by atoms with van der Waals surface area (Å²) >= 11 is 1.64. The number of likely N-dealkylation sites (tertiary alicyclic amines) is 1. The van der Waals surface area contributed by atoms with Crippen LogP contribution in [0.2, 0.25) is 0 Å². The molecule has 3 aliphatic rings. The molecule has 2 aromatic heterocycles. The predicted molar refractivity (Wildman–Crippen MR) is 105 cm³/mol. The average molecular weight is 388 g/mol. The van der Waals surface area contributed by atoms with Crippen LogP contribution >= 0.6 is 11.3 Å². The Hall–Kier alpha value is -1.77. The normalized spacial score (nSPS) is 26.7. The maximum atomic E-state index is 13.2. The van der Waals surface area contributed by atoms with Crippen LogP contribution in [0.1, 0.15) is 12.8 Å². The second kappa shape index (κ2) is 7.00. The lowest BCUT2D eigenvalue weighted by molar-refractivity contribution is -0.135. The van der Waals surface area contributed by atoms with Crippen LogP contribution in [-0.4, -0.2) is 84.7 Å². The molecule has 0 bridgehead atoms. The van der Waals surface area contributed by atoms with Gasteiger partial charge in [0.05, 0.1) is 24.0 Å². The van der Waals surface area contributed by atoms with Gasteiger partial charge in [0.1, 0.15) is 17.0 Å². The number of carbonyl (C=O) groups excluding carboxylic acids is 1. The van der Waals surface area contributed by atoms with Crippen LogP contribution in [0.3, 0.4) is 0 Å². The van der Waals surface area contributed by atoms with Gasteiger partial charge < -0.3 is 14.5 Å². The van der Waals surface area contributed by atoms with E-state index in [0.29, 0.717) is 5.91 Å². The number of aromatic nitrogens is 2. The van der Waals surface area contributed by atoms with Gasteiger partial charge in [-0.05, 0) is 24.3 Å². The molecule has 27 heavy (non-hydrogen) atoms. The molecule has 2 aromatic rings. The van der Waals surface area contributed by atoms with Gasteiger partial charge in [0.25, 0.3) is 0 Å². The number of fused-ring (bicyclic) bond motifs is 1. The third-order valence-electron chi connectivity index (χ3n) is 6.29. The van der Waals surface area contributed by atoms with E-state index in [1.165, 1.54) is 0 Å². The molecule has 8 heteroatoms. The molecule has 3 saturated heterocycles. The Morgan fingerprint density at radius 1 is 1.11 bits per heavy atom. The summed E-state index contributed by atoms with van der Waals surface area (Å²) in [5.74, 6) is 1.33. The van der Waals surface area contributed by atoms with Crippen LogP contribution < -0.4 is 4.90 Å². The molecule has 144 valence electrons. The zero-order valence-electron chi connectivity index (χ0n) is 15.5. The molecule has 0 N–H and O–H groups in total. The number of hydrogen-bond donors (Lipinski definition) is 0. The summed E-state index contributed by atoms with van der Waals surface area (Å²) in [4.78, 5) is 29.9. The van der Waals surface area contributed by atoms with Crippen molar-refractivity contribution in [3.05, 3.63) is 17.8 Å². The Balaban J connectivity index is 1.26. The van der Waals surface area contributed by atoms with Gasteiger partial charge in [-0.2, -0.15) is 0 Å². The quantitative estimate of drug-likeness (QED) is 0.791. The molecular weight excluding hydrogens is 362 g/mol. The second-order valence-electron chi connectivity index (χ2n) is 7.78. The first-order valence-electron chi connectivity index (χ1n) is 9.78. The minimum atomic E-state index is -0.224. The number of ether oxygens (including phenoxy) is 1. The summed E-state index contributed by atoms with van der Waals surface area (Å²) in [7, 11) is 0. The van der Waals surface area contributed by atoms with E-state index in [0.717, 1.165) is 87.9 Å². The van der Waals surface area contributed by atoms with Gasteiger partial charge in [0.15, 0.2) is 0 Å². The molecular formula is C19H25N5O2S. The zero-order chi connectivity index (χ0) is 18.3. The van der Waals surface area contributed by atoms with E-state index in [-0.39, 0.29) is 5.41 Å². The van der Waals surface area contributed by atoms with Gasteiger partial charge in [-0.15, -0.1) is 11.3 Å². The first-order valence-corrected chi connectivity index (χ1v) is 10.7. The average Bonchev–Trinajstić information content (AvgIpc) is 3.42. The van der Waals surface area contributed by atoms with Gasteiger partial charge in [0, 0.05) is 45.8 Å². The lowest BCUT2D eigenvalue weighted by Gasteiger charge is -2.29. The fraction of sp³-hybridized carbons (Fsp3) is 0.632. The van der Waals surface area contributed by atoms with Crippen LogP contribution in [0.4, 0.5) is 5.82 Å². The highest BCUT2D eigenvalue weighted by Crippen LogP contribution is 2.43. The fourth-order valence-corrected chi connectivity index (χ4v) is 5.38. The second-order valence-corrected chi connectivity index (χ2v) is 8.68. The van der Waals surface area contributed by atoms with Crippen molar-refractivity contribution in [1.82, 2.24) is 19.8 Å². The fourth-order valence-electron chi connectivity index (χ4n) is 4.65. The molecule has 0 aromatic carbocycles. The molecule has 5 heterocycles. The van der Waals surface area contributed by atoms with Gasteiger partial charge in [0.2, 0.25) is 5.91 Å². The highest BCUT2D eigenvalue weighted by Gasteiger charge is 2.51. The molecule has 1 spiro atoms. The third-order valence-corrected chi connectivity index (χ3v) is 7.11. The molecule has 5 rings (SSSR count). The number of morpholine rings is 1.